The Labute approximate surface area is 218 Å². The molecule has 0 unspecified atom stereocenters. The Morgan fingerprint density at radius 1 is 0.946 bits per heavy atom. The van der Waals surface area contributed by atoms with E-state index < -0.39 is 10.0 Å². The van der Waals surface area contributed by atoms with E-state index in [1.807, 2.05) is 68.4 Å². The van der Waals surface area contributed by atoms with E-state index >= 15 is 0 Å². The fourth-order valence-corrected chi connectivity index (χ4v) is 6.17. The number of hydrogen-bond acceptors (Lipinski definition) is 4. The number of benzene rings is 3. The number of sulfonamides is 1. The fraction of sp³-hybridized carbons (Fsp3) is 0.310. The molecule has 1 saturated heterocycles. The van der Waals surface area contributed by atoms with Gasteiger partial charge in [0.25, 0.3) is 5.91 Å². The van der Waals surface area contributed by atoms with Crippen LogP contribution in [-0.4, -0.2) is 37.6 Å². The molecular weight excluding hydrogens is 486 g/mol. The van der Waals surface area contributed by atoms with Gasteiger partial charge < -0.3 is 10.6 Å². The zero-order valence-electron chi connectivity index (χ0n) is 21.2. The predicted octanol–water partition coefficient (Wildman–Crippen LogP) is 4.67. The summed E-state index contributed by atoms with van der Waals surface area (Å²) < 4.78 is 27.3. The highest BCUT2D eigenvalue weighted by Crippen LogP contribution is 2.25. The average molecular weight is 520 g/mol. The van der Waals surface area contributed by atoms with E-state index in [2.05, 4.69) is 10.6 Å². The molecule has 0 spiro atoms. The first kappa shape index (κ1) is 26.6. The van der Waals surface area contributed by atoms with Gasteiger partial charge in [0.05, 0.1) is 23.0 Å². The summed E-state index contributed by atoms with van der Waals surface area (Å²) >= 11 is 0. The Hall–Kier alpha value is -3.49. The molecule has 1 heterocycles. The highest BCUT2D eigenvalue weighted by molar-refractivity contribution is 7.88. The number of amides is 2. The third-order valence-corrected chi connectivity index (χ3v) is 8.58. The summed E-state index contributed by atoms with van der Waals surface area (Å²) in [4.78, 5) is 26.1. The second-order valence-electron chi connectivity index (χ2n) is 9.56. The second-order valence-corrected chi connectivity index (χ2v) is 11.5. The fourth-order valence-electron chi connectivity index (χ4n) is 4.62. The standard InChI is InChI=1S/C29H33N3O4S/c1-21-9-8-10-23(19-21)20-37(35,36)32-17-15-25(16-18-32)28(33)31-27-14-7-6-13-26(27)29(34)30-22(2)24-11-4-3-5-12-24/h3-14,19,22,25H,15-18,20H2,1-2H3,(H,30,34)(H,31,33)/t22-/m0/s1. The molecule has 7 nitrogen and oxygen atoms in total. The molecule has 2 amide bonds. The average Bonchev–Trinajstić information content (AvgIpc) is 2.89. The molecule has 3 aromatic carbocycles. The molecule has 37 heavy (non-hydrogen) atoms. The van der Waals surface area contributed by atoms with Gasteiger partial charge in [-0.3, -0.25) is 9.59 Å². The highest BCUT2D eigenvalue weighted by atomic mass is 32.2. The molecule has 0 radical (unpaired) electrons. The summed E-state index contributed by atoms with van der Waals surface area (Å²) in [5.74, 6) is -0.851. The van der Waals surface area contributed by atoms with Crippen molar-refractivity contribution < 1.29 is 18.0 Å². The number of para-hydroxylation sites is 1. The van der Waals surface area contributed by atoms with Gasteiger partial charge in [0, 0.05) is 19.0 Å². The van der Waals surface area contributed by atoms with Gasteiger partial charge in [-0.15, -0.1) is 0 Å². The molecule has 0 bridgehead atoms. The molecule has 2 N–H and O–H groups in total. The zero-order valence-corrected chi connectivity index (χ0v) is 22.0. The molecule has 1 atom stereocenters. The number of piperidine rings is 1. The number of rotatable bonds is 8. The van der Waals surface area contributed by atoms with Crippen LogP contribution in [-0.2, 0) is 20.6 Å². The third-order valence-electron chi connectivity index (χ3n) is 6.73. The number of nitrogens with zero attached hydrogens (tertiary/aromatic N) is 1. The summed E-state index contributed by atoms with van der Waals surface area (Å²) in [6, 6.07) is 23.9. The van der Waals surface area contributed by atoms with Gasteiger partial charge in [0.15, 0.2) is 0 Å². The number of carbonyl (C=O) groups is 2. The lowest BCUT2D eigenvalue weighted by atomic mass is 9.97. The normalized spacial score (nSPS) is 15.6. The first-order chi connectivity index (χ1) is 17.7. The topological polar surface area (TPSA) is 95.6 Å². The van der Waals surface area contributed by atoms with Crippen LogP contribution >= 0.6 is 0 Å². The molecule has 4 rings (SSSR count). The maximum absolute atomic E-state index is 13.1. The van der Waals surface area contributed by atoms with Crippen LogP contribution in [0.3, 0.4) is 0 Å². The molecule has 0 aromatic heterocycles. The van der Waals surface area contributed by atoms with E-state index in [1.165, 1.54) is 4.31 Å². The third kappa shape index (κ3) is 6.84. The number of anilines is 1. The van der Waals surface area contributed by atoms with Crippen molar-refractivity contribution in [3.63, 3.8) is 0 Å². The van der Waals surface area contributed by atoms with E-state index in [-0.39, 0.29) is 29.5 Å². The van der Waals surface area contributed by atoms with Crippen molar-refractivity contribution in [3.05, 3.63) is 101 Å². The lowest BCUT2D eigenvalue weighted by molar-refractivity contribution is -0.120. The van der Waals surface area contributed by atoms with Crippen LogP contribution in [0.5, 0.6) is 0 Å². The van der Waals surface area contributed by atoms with E-state index in [0.29, 0.717) is 37.2 Å². The van der Waals surface area contributed by atoms with E-state index in [9.17, 15) is 18.0 Å². The Morgan fingerprint density at radius 2 is 1.62 bits per heavy atom. The van der Waals surface area contributed by atoms with Crippen molar-refractivity contribution >= 4 is 27.5 Å². The minimum absolute atomic E-state index is 0.0462. The van der Waals surface area contributed by atoms with Gasteiger partial charge >= 0.3 is 0 Å². The van der Waals surface area contributed by atoms with E-state index in [1.54, 1.807) is 24.3 Å². The van der Waals surface area contributed by atoms with Crippen LogP contribution in [0.15, 0.2) is 78.9 Å². The quantitative estimate of drug-likeness (QED) is 0.452. The van der Waals surface area contributed by atoms with Crippen molar-refractivity contribution in [3.8, 4) is 0 Å². The number of nitrogens with one attached hydrogen (secondary N) is 2. The molecule has 1 aliphatic heterocycles. The maximum Gasteiger partial charge on any atom is 0.253 e. The van der Waals surface area contributed by atoms with Crippen molar-refractivity contribution in [2.75, 3.05) is 18.4 Å². The van der Waals surface area contributed by atoms with E-state index in [0.717, 1.165) is 16.7 Å². The lowest BCUT2D eigenvalue weighted by Gasteiger charge is -2.30. The van der Waals surface area contributed by atoms with Crippen LogP contribution in [0.1, 0.15) is 52.9 Å². The minimum atomic E-state index is -3.46. The van der Waals surface area contributed by atoms with Gasteiger partial charge in [-0.05, 0) is 49.9 Å². The molecule has 194 valence electrons. The first-order valence-corrected chi connectivity index (χ1v) is 14.1. The molecule has 1 fully saturated rings. The minimum Gasteiger partial charge on any atom is -0.345 e. The lowest BCUT2D eigenvalue weighted by Crippen LogP contribution is -2.42. The van der Waals surface area contributed by atoms with Crippen LogP contribution < -0.4 is 10.6 Å². The molecule has 3 aromatic rings. The Morgan fingerprint density at radius 3 is 2.32 bits per heavy atom. The summed E-state index contributed by atoms with van der Waals surface area (Å²) in [6.07, 6.45) is 0.858. The largest absolute Gasteiger partial charge is 0.345 e. The summed E-state index contributed by atoms with van der Waals surface area (Å²) in [7, 11) is -3.46. The number of aryl methyl sites for hydroxylation is 1. The second kappa shape index (κ2) is 11.7. The molecule has 8 heteroatoms. The Kier molecular flexibility index (Phi) is 8.41. The van der Waals surface area contributed by atoms with Crippen molar-refractivity contribution in [1.82, 2.24) is 9.62 Å². The van der Waals surface area contributed by atoms with Crippen LogP contribution in [0.2, 0.25) is 0 Å². The van der Waals surface area contributed by atoms with Crippen LogP contribution in [0.25, 0.3) is 0 Å². The Balaban J connectivity index is 1.35. The van der Waals surface area contributed by atoms with Crippen molar-refractivity contribution in [2.24, 2.45) is 5.92 Å². The van der Waals surface area contributed by atoms with Crippen LogP contribution in [0, 0.1) is 12.8 Å². The summed E-state index contributed by atoms with van der Waals surface area (Å²) in [6.45, 7) is 4.44. The first-order valence-electron chi connectivity index (χ1n) is 12.5. The molecular formula is C29H33N3O4S. The van der Waals surface area contributed by atoms with Crippen molar-refractivity contribution in [1.29, 1.82) is 0 Å². The zero-order chi connectivity index (χ0) is 26.4. The van der Waals surface area contributed by atoms with Gasteiger partial charge in [0.1, 0.15) is 0 Å². The van der Waals surface area contributed by atoms with E-state index in [4.69, 9.17) is 0 Å². The Bertz CT molecular complexity index is 1350. The summed E-state index contributed by atoms with van der Waals surface area (Å²) in [5, 5.41) is 5.89. The molecule has 1 aliphatic rings. The number of carbonyl (C=O) groups excluding carboxylic acids is 2. The van der Waals surface area contributed by atoms with Crippen molar-refractivity contribution in [2.45, 2.75) is 38.5 Å². The van der Waals surface area contributed by atoms with Crippen LogP contribution in [0.4, 0.5) is 5.69 Å². The highest BCUT2D eigenvalue weighted by Gasteiger charge is 2.31. The monoisotopic (exact) mass is 519 g/mol. The van der Waals surface area contributed by atoms with Gasteiger partial charge in [-0.2, -0.15) is 0 Å². The summed E-state index contributed by atoms with van der Waals surface area (Å²) in [5.41, 5.74) is 3.60. The maximum atomic E-state index is 13.1. The van der Waals surface area contributed by atoms with Gasteiger partial charge in [-0.1, -0.05) is 72.3 Å². The van der Waals surface area contributed by atoms with Gasteiger partial charge in [-0.25, -0.2) is 12.7 Å². The predicted molar refractivity (Wildman–Crippen MR) is 145 cm³/mol. The molecule has 0 aliphatic carbocycles. The smallest absolute Gasteiger partial charge is 0.253 e. The SMILES string of the molecule is Cc1cccc(CS(=O)(=O)N2CCC(C(=O)Nc3ccccc3C(=O)N[C@@H](C)c3ccccc3)CC2)c1. The van der Waals surface area contributed by atoms with Gasteiger partial charge in [0.2, 0.25) is 15.9 Å². The number of hydrogen-bond donors (Lipinski definition) is 2. The molecule has 0 saturated carbocycles.